The maximum Gasteiger partial charge on any atom is 0.139 e. The van der Waals surface area contributed by atoms with Crippen molar-refractivity contribution in [3.05, 3.63) is 187 Å². The average molecular weight is 875 g/mol. The second-order valence-corrected chi connectivity index (χ2v) is 21.0. The SMILES string of the molecule is Cc1cccc(N=C/C(=C\Nc2cccc(C)c2C)c2cc(C(C)(C)C)cc3c2Oc2c(/C(C=Nc4cccc(C)c4C)=C\Nc4cccc(C)c4C)cc(C(C)(C)C)cc2C3(C)C)c1C. The van der Waals surface area contributed by atoms with Crippen molar-refractivity contribution >= 4 is 46.3 Å². The van der Waals surface area contributed by atoms with E-state index in [-0.39, 0.29) is 10.8 Å². The topological polar surface area (TPSA) is 58.0 Å². The molecule has 0 bridgehead atoms. The van der Waals surface area contributed by atoms with Crippen molar-refractivity contribution in [2.45, 2.75) is 127 Å². The number of nitrogens with zero attached hydrogens (tertiary/aromatic N) is 2. The monoisotopic (exact) mass is 875 g/mol. The van der Waals surface area contributed by atoms with Gasteiger partial charge < -0.3 is 15.4 Å². The molecule has 0 atom stereocenters. The molecule has 66 heavy (non-hydrogen) atoms. The molecule has 7 rings (SSSR count). The highest BCUT2D eigenvalue weighted by Gasteiger charge is 2.40. The summed E-state index contributed by atoms with van der Waals surface area (Å²) in [5, 5.41) is 7.42. The maximum absolute atomic E-state index is 7.59. The highest BCUT2D eigenvalue weighted by atomic mass is 16.5. The molecular formula is C61H70N4O. The van der Waals surface area contributed by atoms with Crippen molar-refractivity contribution in [1.29, 1.82) is 0 Å². The first-order chi connectivity index (χ1) is 31.1. The van der Waals surface area contributed by atoms with Gasteiger partial charge in [-0.05, 0) is 158 Å². The summed E-state index contributed by atoms with van der Waals surface area (Å²) in [6.07, 6.45) is 8.22. The fourth-order valence-corrected chi connectivity index (χ4v) is 8.47. The number of aryl methyl sites for hydroxylation is 4. The first-order valence-corrected chi connectivity index (χ1v) is 23.4. The number of hydrogen-bond acceptors (Lipinski definition) is 5. The summed E-state index contributed by atoms with van der Waals surface area (Å²) >= 11 is 0. The second kappa shape index (κ2) is 18.4. The van der Waals surface area contributed by atoms with Crippen molar-refractivity contribution in [1.82, 2.24) is 0 Å². The van der Waals surface area contributed by atoms with Gasteiger partial charge in [0.05, 0.1) is 11.4 Å². The van der Waals surface area contributed by atoms with Crippen molar-refractivity contribution < 1.29 is 4.74 Å². The normalized spacial score (nSPS) is 14.1. The third-order valence-electron chi connectivity index (χ3n) is 13.9. The van der Waals surface area contributed by atoms with E-state index in [9.17, 15) is 0 Å². The molecule has 0 saturated heterocycles. The van der Waals surface area contributed by atoms with Crippen molar-refractivity contribution in [2.75, 3.05) is 10.6 Å². The van der Waals surface area contributed by atoms with Crippen molar-refractivity contribution in [3.63, 3.8) is 0 Å². The molecule has 0 amide bonds. The van der Waals surface area contributed by atoms with Crippen molar-refractivity contribution in [3.8, 4) is 11.5 Å². The van der Waals surface area contributed by atoms with E-state index in [1.807, 2.05) is 12.4 Å². The zero-order chi connectivity index (χ0) is 47.9. The predicted octanol–water partition coefficient (Wildman–Crippen LogP) is 16.9. The largest absolute Gasteiger partial charge is 0.455 e. The minimum Gasteiger partial charge on any atom is -0.455 e. The molecule has 0 aromatic heterocycles. The van der Waals surface area contributed by atoms with E-state index in [4.69, 9.17) is 14.7 Å². The van der Waals surface area contributed by atoms with Crippen LogP contribution in [-0.2, 0) is 16.2 Å². The number of ether oxygens (including phenoxy) is 1. The van der Waals surface area contributed by atoms with Crippen LogP contribution in [0.5, 0.6) is 11.5 Å². The fourth-order valence-electron chi connectivity index (χ4n) is 8.47. The molecule has 6 aromatic rings. The first kappa shape index (κ1) is 47.5. The quantitative estimate of drug-likeness (QED) is 0.135. The molecule has 0 fully saturated rings. The van der Waals surface area contributed by atoms with E-state index in [0.717, 1.165) is 78.8 Å². The highest BCUT2D eigenvalue weighted by Crippen LogP contribution is 2.54. The van der Waals surface area contributed by atoms with Crippen LogP contribution in [0.3, 0.4) is 0 Å². The number of rotatable bonds is 10. The van der Waals surface area contributed by atoms with E-state index in [2.05, 4.69) is 231 Å². The average Bonchev–Trinajstić information content (AvgIpc) is 3.25. The summed E-state index contributed by atoms with van der Waals surface area (Å²) in [4.78, 5) is 10.4. The third-order valence-corrected chi connectivity index (χ3v) is 13.9. The molecule has 1 heterocycles. The van der Waals surface area contributed by atoms with E-state index in [1.54, 1.807) is 0 Å². The van der Waals surface area contributed by atoms with Crippen LogP contribution in [0.25, 0.3) is 11.1 Å². The molecule has 0 aliphatic carbocycles. The van der Waals surface area contributed by atoms with E-state index >= 15 is 0 Å². The lowest BCUT2D eigenvalue weighted by Gasteiger charge is -2.39. The molecule has 0 spiro atoms. The molecule has 5 nitrogen and oxygen atoms in total. The van der Waals surface area contributed by atoms with Gasteiger partial charge in [0.1, 0.15) is 11.5 Å². The van der Waals surface area contributed by atoms with Crippen LogP contribution < -0.4 is 15.4 Å². The Morgan fingerprint density at radius 1 is 0.485 bits per heavy atom. The van der Waals surface area contributed by atoms with E-state index in [1.165, 1.54) is 44.5 Å². The van der Waals surface area contributed by atoms with Crippen molar-refractivity contribution in [2.24, 2.45) is 9.98 Å². The first-order valence-electron chi connectivity index (χ1n) is 23.4. The van der Waals surface area contributed by atoms with Crippen LogP contribution in [0.1, 0.15) is 133 Å². The molecule has 5 heteroatoms. The predicted molar refractivity (Wildman–Crippen MR) is 286 cm³/mol. The Morgan fingerprint density at radius 2 is 0.833 bits per heavy atom. The van der Waals surface area contributed by atoms with Crippen LogP contribution in [0.4, 0.5) is 22.7 Å². The smallest absolute Gasteiger partial charge is 0.139 e. The Bertz CT molecular complexity index is 2760. The van der Waals surface area contributed by atoms with Crippen LogP contribution in [0.2, 0.25) is 0 Å². The molecular weight excluding hydrogens is 805 g/mol. The maximum atomic E-state index is 7.59. The molecule has 340 valence electrons. The van der Waals surface area contributed by atoms with E-state index < -0.39 is 5.41 Å². The van der Waals surface area contributed by atoms with Crippen LogP contribution in [0, 0.1) is 55.4 Å². The Morgan fingerprint density at radius 3 is 1.20 bits per heavy atom. The lowest BCUT2D eigenvalue weighted by Crippen LogP contribution is -2.28. The summed E-state index contributed by atoms with van der Waals surface area (Å²) in [5.41, 5.74) is 21.2. The van der Waals surface area contributed by atoms with Gasteiger partial charge in [0.15, 0.2) is 0 Å². The number of hydrogen-bond donors (Lipinski definition) is 2. The van der Waals surface area contributed by atoms with Gasteiger partial charge in [0.25, 0.3) is 0 Å². The molecule has 1 aliphatic heterocycles. The number of aliphatic imine (C=N–C) groups is 2. The standard InChI is InChI=1S/C61H70N4O/c1-37-21-17-25-53(41(37)5)62-33-45(34-63-54-26-18-22-38(2)42(54)6)49-29-47(59(9,10)11)31-51-57(49)66-58-50(30-48(60(12,13)14)32-52(58)61(51,15)16)46(35-64-55-27-19-23-39(3)43(55)7)36-65-56-28-20-24-40(4)44(56)8/h17-36,62,64H,1-16H3/b45-33-,46-35+,63-34?,65-36?. The van der Waals surface area contributed by atoms with Gasteiger partial charge in [-0.25, -0.2) is 0 Å². The van der Waals surface area contributed by atoms with Crippen LogP contribution >= 0.6 is 0 Å². The van der Waals surface area contributed by atoms with Gasteiger partial charge in [-0.1, -0.05) is 116 Å². The summed E-state index contributed by atoms with van der Waals surface area (Å²) in [6.45, 7) is 35.6. The number of nitrogens with one attached hydrogen (secondary N) is 2. The highest BCUT2D eigenvalue weighted by molar-refractivity contribution is 6.14. The van der Waals surface area contributed by atoms with Gasteiger partial charge in [-0.3, -0.25) is 9.98 Å². The number of fused-ring (bicyclic) bond motifs is 2. The molecule has 0 saturated carbocycles. The number of benzene rings is 6. The van der Waals surface area contributed by atoms with Gasteiger partial charge in [0.2, 0.25) is 0 Å². The molecule has 0 radical (unpaired) electrons. The molecule has 0 unspecified atom stereocenters. The third kappa shape index (κ3) is 9.72. The summed E-state index contributed by atoms with van der Waals surface area (Å²) in [5.74, 6) is 1.64. The zero-order valence-electron chi connectivity index (χ0n) is 42.3. The number of allylic oxidation sites excluding steroid dienone is 2. The van der Waals surface area contributed by atoms with Crippen LogP contribution in [-0.4, -0.2) is 12.4 Å². The van der Waals surface area contributed by atoms with Gasteiger partial charge in [-0.2, -0.15) is 0 Å². The Hall–Kier alpha value is -6.46. The molecule has 1 aliphatic rings. The van der Waals surface area contributed by atoms with E-state index in [0.29, 0.717) is 0 Å². The Kier molecular flexibility index (Phi) is 13.3. The molecule has 6 aromatic carbocycles. The fraction of sp³-hybridized carbons (Fsp3) is 0.311. The summed E-state index contributed by atoms with van der Waals surface area (Å²) in [6, 6.07) is 34.8. The minimum absolute atomic E-state index is 0.158. The summed E-state index contributed by atoms with van der Waals surface area (Å²) in [7, 11) is 0. The van der Waals surface area contributed by atoms with Gasteiger partial charge >= 0.3 is 0 Å². The van der Waals surface area contributed by atoms with Gasteiger partial charge in [-0.15, -0.1) is 0 Å². The molecule has 2 N–H and O–H groups in total. The lowest BCUT2D eigenvalue weighted by atomic mass is 9.70. The number of anilines is 2. The zero-order valence-corrected chi connectivity index (χ0v) is 42.3. The Labute approximate surface area is 395 Å². The summed E-state index contributed by atoms with van der Waals surface area (Å²) < 4.78 is 7.59. The minimum atomic E-state index is -0.471. The van der Waals surface area contributed by atoms with Crippen LogP contribution in [0.15, 0.2) is 119 Å². The Balaban J connectivity index is 1.52. The lowest BCUT2D eigenvalue weighted by molar-refractivity contribution is 0.412. The second-order valence-electron chi connectivity index (χ2n) is 21.0. The van der Waals surface area contributed by atoms with Gasteiger partial charge in [0, 0.05) is 75.0 Å².